The number of hydrogen-bond acceptors (Lipinski definition) is 0. The second-order valence-electron chi connectivity index (χ2n) is 0.781. The third-order valence-corrected chi connectivity index (χ3v) is 0. The molecule has 0 aliphatic carbocycles. The molecule has 0 N–H and O–H groups in total. The molecule has 0 heterocycles. The van der Waals surface area contributed by atoms with Crippen LogP contribution in [0.15, 0.2) is 0 Å². The van der Waals surface area contributed by atoms with Crippen LogP contribution in [0.4, 0.5) is 0 Å². The Morgan fingerprint density at radius 2 is 2.00 bits per heavy atom. The van der Waals surface area contributed by atoms with E-state index in [2.05, 4.69) is 0 Å². The summed E-state index contributed by atoms with van der Waals surface area (Å²) in [5.74, 6) is 0. The van der Waals surface area contributed by atoms with Crippen LogP contribution in [-0.4, -0.2) is 3.97 Å². The van der Waals surface area contributed by atoms with E-state index < -0.39 is 0 Å². The van der Waals surface area contributed by atoms with Crippen LogP contribution >= 0.6 is 11.6 Å². The Balaban J connectivity index is 2.32. The summed E-state index contributed by atoms with van der Waals surface area (Å²) in [6.07, 6.45) is 0. The van der Waals surface area contributed by atoms with Gasteiger partial charge in [0, 0.05) is 0 Å². The van der Waals surface area contributed by atoms with Gasteiger partial charge >= 0.3 is 40.8 Å². The van der Waals surface area contributed by atoms with Crippen LogP contribution in [0.25, 0.3) is 0 Å². The van der Waals surface area contributed by atoms with Crippen molar-refractivity contribution in [2.24, 2.45) is 0 Å². The Labute approximate surface area is 41.2 Å². The normalized spacial score (nSPS) is 16.0. The first-order valence-corrected chi connectivity index (χ1v) is 3.35. The molecule has 0 aromatic carbocycles. The Morgan fingerprint density at radius 3 is 2.00 bits per heavy atom. The second-order valence-corrected chi connectivity index (χ2v) is 5.18. The van der Waals surface area contributed by atoms with Crippen LogP contribution in [0.2, 0.25) is 0 Å². The Bertz CT molecular complexity index is 10.8. The van der Waals surface area contributed by atoms with E-state index in [4.69, 9.17) is 11.6 Å². The molecule has 0 aliphatic heterocycles. The van der Waals surface area contributed by atoms with Gasteiger partial charge in [-0.1, -0.05) is 0 Å². The SMILES string of the molecule is C[CH](Cl)[Zn]. The quantitative estimate of drug-likeness (QED) is 0.339. The fraction of sp³-hybridized carbons (Fsp3) is 1.00. The minimum absolute atomic E-state index is 0.431. The Morgan fingerprint density at radius 1 is 2.00 bits per heavy atom. The molecule has 0 aromatic heterocycles. The predicted molar refractivity (Wildman–Crippen MR) is 15.3 cm³/mol. The van der Waals surface area contributed by atoms with Crippen molar-refractivity contribution >= 4 is 11.6 Å². The molecule has 0 bridgehead atoms. The Hall–Kier alpha value is 0.913. The molecule has 0 aliphatic rings. The maximum absolute atomic E-state index is 5.33. The molecule has 0 rings (SSSR count). The van der Waals surface area contributed by atoms with Crippen molar-refractivity contribution < 1.29 is 18.3 Å². The molecule has 4 heavy (non-hydrogen) atoms. The molecular weight excluding hydrogens is 125 g/mol. The van der Waals surface area contributed by atoms with Gasteiger partial charge in [-0.25, -0.2) is 0 Å². The minimum atomic E-state index is 0.431. The van der Waals surface area contributed by atoms with Crippen molar-refractivity contribution in [3.8, 4) is 0 Å². The molecule has 2 heteroatoms. The molecular formula is C2H4ClZn. The average Bonchev–Trinajstić information content (AvgIpc) is 0.811. The summed E-state index contributed by atoms with van der Waals surface area (Å²) in [5.41, 5.74) is 0. The van der Waals surface area contributed by atoms with E-state index >= 15 is 0 Å². The first-order valence-electron chi connectivity index (χ1n) is 1.20. The van der Waals surface area contributed by atoms with Crippen molar-refractivity contribution in [3.63, 3.8) is 0 Å². The molecule has 0 nitrogen and oxygen atoms in total. The molecule has 0 spiro atoms. The zero-order chi connectivity index (χ0) is 3.58. The maximum atomic E-state index is 5.33. The third-order valence-electron chi connectivity index (χ3n) is 0. The summed E-state index contributed by atoms with van der Waals surface area (Å²) in [6.45, 7) is 1.99. The van der Waals surface area contributed by atoms with Crippen LogP contribution in [0.1, 0.15) is 6.92 Å². The first kappa shape index (κ1) is 4.91. The van der Waals surface area contributed by atoms with Crippen LogP contribution in [-0.2, 0) is 18.3 Å². The average molecular weight is 129 g/mol. The van der Waals surface area contributed by atoms with Gasteiger partial charge in [0.1, 0.15) is 0 Å². The van der Waals surface area contributed by atoms with E-state index in [0.717, 1.165) is 0 Å². The molecule has 0 saturated heterocycles. The van der Waals surface area contributed by atoms with Gasteiger partial charge in [0.05, 0.1) is 0 Å². The number of rotatable bonds is 0. The van der Waals surface area contributed by atoms with Gasteiger partial charge in [-0.15, -0.1) is 0 Å². The third kappa shape index (κ3) is 12.8. The fourth-order valence-electron chi connectivity index (χ4n) is 0. The van der Waals surface area contributed by atoms with Gasteiger partial charge in [-0.3, -0.25) is 0 Å². The van der Waals surface area contributed by atoms with E-state index in [1.165, 1.54) is 18.3 Å². The van der Waals surface area contributed by atoms with Crippen LogP contribution in [0.5, 0.6) is 0 Å². The fourth-order valence-corrected chi connectivity index (χ4v) is 0. The molecule has 1 atom stereocenters. The summed E-state index contributed by atoms with van der Waals surface area (Å²) in [5, 5.41) is 0. The zero-order valence-corrected chi connectivity index (χ0v) is 6.39. The van der Waals surface area contributed by atoms with Crippen molar-refractivity contribution in [2.75, 3.05) is 0 Å². The van der Waals surface area contributed by atoms with Gasteiger partial charge in [-0.2, -0.15) is 0 Å². The topological polar surface area (TPSA) is 0 Å². The number of halogens is 1. The second kappa shape index (κ2) is 2.17. The van der Waals surface area contributed by atoms with Gasteiger partial charge in [0.15, 0.2) is 0 Å². The van der Waals surface area contributed by atoms with Crippen LogP contribution in [0, 0.1) is 0 Å². The summed E-state index contributed by atoms with van der Waals surface area (Å²) in [6, 6.07) is 0. The van der Waals surface area contributed by atoms with Gasteiger partial charge in [0.25, 0.3) is 0 Å². The number of alkyl halides is 1. The first-order chi connectivity index (χ1) is 1.73. The molecule has 21 valence electrons. The predicted octanol–water partition coefficient (Wildman–Crippen LogP) is 1.12. The van der Waals surface area contributed by atoms with Crippen LogP contribution < -0.4 is 0 Å². The zero-order valence-electron chi connectivity index (χ0n) is 2.66. The van der Waals surface area contributed by atoms with Crippen LogP contribution in [0.3, 0.4) is 0 Å². The standard InChI is InChI=1S/C2H4Cl.Zn/c1-2-3;/h2H,1H3;. The van der Waals surface area contributed by atoms with Gasteiger partial charge < -0.3 is 0 Å². The monoisotopic (exact) mass is 127 g/mol. The van der Waals surface area contributed by atoms with E-state index in [0.29, 0.717) is 3.97 Å². The van der Waals surface area contributed by atoms with Crippen molar-refractivity contribution in [1.29, 1.82) is 0 Å². The molecule has 0 amide bonds. The van der Waals surface area contributed by atoms with Crippen molar-refractivity contribution in [1.82, 2.24) is 0 Å². The summed E-state index contributed by atoms with van der Waals surface area (Å²) in [7, 11) is 0. The summed E-state index contributed by atoms with van der Waals surface area (Å²) < 4.78 is 0.431. The number of hydrogen-bond donors (Lipinski definition) is 0. The van der Waals surface area contributed by atoms with E-state index in [1.807, 2.05) is 6.92 Å². The van der Waals surface area contributed by atoms with E-state index in [1.54, 1.807) is 0 Å². The summed E-state index contributed by atoms with van der Waals surface area (Å²) in [4.78, 5) is 0. The molecule has 1 unspecified atom stereocenters. The van der Waals surface area contributed by atoms with Crippen molar-refractivity contribution in [3.05, 3.63) is 0 Å². The van der Waals surface area contributed by atoms with Gasteiger partial charge in [-0.05, 0) is 0 Å². The van der Waals surface area contributed by atoms with E-state index in [-0.39, 0.29) is 0 Å². The van der Waals surface area contributed by atoms with Gasteiger partial charge in [0.2, 0.25) is 0 Å². The molecule has 0 aromatic rings. The van der Waals surface area contributed by atoms with Crippen molar-refractivity contribution in [2.45, 2.75) is 10.9 Å². The Kier molecular flexibility index (Phi) is 2.66. The molecule has 0 radical (unpaired) electrons. The van der Waals surface area contributed by atoms with E-state index in [9.17, 15) is 0 Å². The molecule has 0 saturated carbocycles. The molecule has 0 fully saturated rings. The summed E-state index contributed by atoms with van der Waals surface area (Å²) >= 11 is 6.53.